The Balaban J connectivity index is 1.81. The standard InChI is InChI=1S/C20H20OS/c1-3-4-19-13-14-20(22-19)17-7-5-15(6-8-17)16-9-11-18(21-2)12-10-16/h5-14H,3-4H2,1-2H3. The number of rotatable bonds is 5. The minimum Gasteiger partial charge on any atom is -0.497 e. The monoisotopic (exact) mass is 308 g/mol. The van der Waals surface area contributed by atoms with Crippen LogP contribution in [0.15, 0.2) is 60.7 Å². The van der Waals surface area contributed by atoms with Gasteiger partial charge in [0.05, 0.1) is 7.11 Å². The summed E-state index contributed by atoms with van der Waals surface area (Å²) in [5.74, 6) is 0.891. The van der Waals surface area contributed by atoms with Crippen molar-refractivity contribution in [2.75, 3.05) is 7.11 Å². The van der Waals surface area contributed by atoms with E-state index in [2.05, 4.69) is 55.5 Å². The summed E-state index contributed by atoms with van der Waals surface area (Å²) in [6.45, 7) is 2.23. The molecule has 22 heavy (non-hydrogen) atoms. The second-order valence-corrected chi connectivity index (χ2v) is 6.49. The molecule has 0 aliphatic carbocycles. The maximum absolute atomic E-state index is 5.21. The minimum absolute atomic E-state index is 0.891. The number of thiophene rings is 1. The van der Waals surface area contributed by atoms with Gasteiger partial charge < -0.3 is 4.74 Å². The van der Waals surface area contributed by atoms with Gasteiger partial charge in [-0.1, -0.05) is 49.7 Å². The van der Waals surface area contributed by atoms with Crippen molar-refractivity contribution in [2.45, 2.75) is 19.8 Å². The molecule has 0 saturated heterocycles. The average molecular weight is 308 g/mol. The summed E-state index contributed by atoms with van der Waals surface area (Å²) in [5, 5.41) is 0. The normalized spacial score (nSPS) is 10.6. The molecule has 0 aliphatic heterocycles. The van der Waals surface area contributed by atoms with Gasteiger partial charge in [-0.05, 0) is 47.4 Å². The lowest BCUT2D eigenvalue weighted by atomic mass is 10.0. The molecule has 0 fully saturated rings. The second kappa shape index (κ2) is 6.80. The van der Waals surface area contributed by atoms with Crippen LogP contribution in [0.1, 0.15) is 18.2 Å². The summed E-state index contributed by atoms with van der Waals surface area (Å²) < 4.78 is 5.21. The summed E-state index contributed by atoms with van der Waals surface area (Å²) in [6.07, 6.45) is 2.38. The van der Waals surface area contributed by atoms with E-state index >= 15 is 0 Å². The number of hydrogen-bond acceptors (Lipinski definition) is 2. The van der Waals surface area contributed by atoms with Crippen molar-refractivity contribution in [3.8, 4) is 27.3 Å². The highest BCUT2D eigenvalue weighted by molar-refractivity contribution is 7.15. The van der Waals surface area contributed by atoms with Gasteiger partial charge >= 0.3 is 0 Å². The molecule has 0 radical (unpaired) electrons. The maximum atomic E-state index is 5.21. The third kappa shape index (κ3) is 3.23. The van der Waals surface area contributed by atoms with Crippen molar-refractivity contribution in [3.05, 3.63) is 65.5 Å². The Morgan fingerprint density at radius 3 is 1.95 bits per heavy atom. The zero-order valence-corrected chi connectivity index (χ0v) is 13.8. The smallest absolute Gasteiger partial charge is 0.118 e. The molecular weight excluding hydrogens is 288 g/mol. The Morgan fingerprint density at radius 1 is 0.773 bits per heavy atom. The van der Waals surface area contributed by atoms with Gasteiger partial charge in [-0.15, -0.1) is 11.3 Å². The molecule has 1 aromatic heterocycles. The van der Waals surface area contributed by atoms with Crippen LogP contribution >= 0.6 is 11.3 Å². The lowest BCUT2D eigenvalue weighted by Crippen LogP contribution is -1.83. The van der Waals surface area contributed by atoms with E-state index in [0.717, 1.165) is 5.75 Å². The lowest BCUT2D eigenvalue weighted by Gasteiger charge is -2.05. The van der Waals surface area contributed by atoms with E-state index in [4.69, 9.17) is 4.74 Å². The SMILES string of the molecule is CCCc1ccc(-c2ccc(-c3ccc(OC)cc3)cc2)s1. The van der Waals surface area contributed by atoms with Crippen LogP contribution in [0.3, 0.4) is 0 Å². The van der Waals surface area contributed by atoms with Crippen LogP contribution in [0, 0.1) is 0 Å². The van der Waals surface area contributed by atoms with Crippen molar-refractivity contribution in [3.63, 3.8) is 0 Å². The zero-order valence-electron chi connectivity index (χ0n) is 13.0. The number of benzene rings is 2. The molecule has 0 spiro atoms. The molecule has 0 aliphatic rings. The molecular formula is C20H20OS. The van der Waals surface area contributed by atoms with Gasteiger partial charge in [0.25, 0.3) is 0 Å². The van der Waals surface area contributed by atoms with E-state index in [1.54, 1.807) is 7.11 Å². The summed E-state index contributed by atoms with van der Waals surface area (Å²) in [7, 11) is 1.69. The molecule has 0 amide bonds. The van der Waals surface area contributed by atoms with Crippen LogP contribution in [-0.4, -0.2) is 7.11 Å². The summed E-state index contributed by atoms with van der Waals surface area (Å²) >= 11 is 1.90. The topological polar surface area (TPSA) is 9.23 Å². The van der Waals surface area contributed by atoms with E-state index in [1.807, 2.05) is 23.5 Å². The molecule has 0 saturated carbocycles. The highest BCUT2D eigenvalue weighted by Crippen LogP contribution is 2.31. The molecule has 3 aromatic rings. The molecule has 0 bridgehead atoms. The third-order valence-corrected chi connectivity index (χ3v) is 4.94. The van der Waals surface area contributed by atoms with E-state index in [9.17, 15) is 0 Å². The van der Waals surface area contributed by atoms with Crippen LogP contribution < -0.4 is 4.74 Å². The number of aryl methyl sites for hydroxylation is 1. The first-order valence-electron chi connectivity index (χ1n) is 7.63. The molecule has 1 nitrogen and oxygen atoms in total. The van der Waals surface area contributed by atoms with Crippen molar-refractivity contribution in [1.82, 2.24) is 0 Å². The molecule has 112 valence electrons. The van der Waals surface area contributed by atoms with E-state index in [0.29, 0.717) is 0 Å². The van der Waals surface area contributed by atoms with Crippen molar-refractivity contribution < 1.29 is 4.74 Å². The fourth-order valence-corrected chi connectivity index (χ4v) is 3.64. The maximum Gasteiger partial charge on any atom is 0.118 e. The van der Waals surface area contributed by atoms with Gasteiger partial charge in [0.15, 0.2) is 0 Å². The Morgan fingerprint density at radius 2 is 1.36 bits per heavy atom. The van der Waals surface area contributed by atoms with Gasteiger partial charge in [0.1, 0.15) is 5.75 Å². The molecule has 2 aromatic carbocycles. The fraction of sp³-hybridized carbons (Fsp3) is 0.200. The first kappa shape index (κ1) is 14.9. The molecule has 0 atom stereocenters. The first-order chi connectivity index (χ1) is 10.8. The van der Waals surface area contributed by atoms with Crippen LogP contribution in [0.4, 0.5) is 0 Å². The zero-order chi connectivity index (χ0) is 15.4. The highest BCUT2D eigenvalue weighted by atomic mass is 32.1. The molecule has 1 heterocycles. The van der Waals surface area contributed by atoms with Gasteiger partial charge in [0, 0.05) is 9.75 Å². The quantitative estimate of drug-likeness (QED) is 0.558. The predicted octanol–water partition coefficient (Wildman–Crippen LogP) is 6.04. The molecule has 0 N–H and O–H groups in total. The van der Waals surface area contributed by atoms with E-state index in [-0.39, 0.29) is 0 Å². The molecule has 0 unspecified atom stereocenters. The fourth-order valence-electron chi connectivity index (χ4n) is 2.52. The van der Waals surface area contributed by atoms with Crippen LogP contribution in [0.5, 0.6) is 5.75 Å². The largest absolute Gasteiger partial charge is 0.497 e. The van der Waals surface area contributed by atoms with Crippen LogP contribution in [0.2, 0.25) is 0 Å². The average Bonchev–Trinajstić information content (AvgIpc) is 3.04. The third-order valence-electron chi connectivity index (χ3n) is 3.75. The van der Waals surface area contributed by atoms with Crippen molar-refractivity contribution in [2.24, 2.45) is 0 Å². The Kier molecular flexibility index (Phi) is 4.59. The van der Waals surface area contributed by atoms with E-state index < -0.39 is 0 Å². The van der Waals surface area contributed by atoms with Crippen LogP contribution in [0.25, 0.3) is 21.6 Å². The highest BCUT2D eigenvalue weighted by Gasteiger charge is 2.04. The van der Waals surface area contributed by atoms with Crippen molar-refractivity contribution in [1.29, 1.82) is 0 Å². The number of methoxy groups -OCH3 is 1. The Labute approximate surface area is 136 Å². The predicted molar refractivity (Wildman–Crippen MR) is 95.7 cm³/mol. The Bertz CT molecular complexity index is 723. The second-order valence-electron chi connectivity index (χ2n) is 5.32. The number of ether oxygens (including phenoxy) is 1. The van der Waals surface area contributed by atoms with Gasteiger partial charge in [-0.3, -0.25) is 0 Å². The van der Waals surface area contributed by atoms with Gasteiger partial charge in [-0.2, -0.15) is 0 Å². The lowest BCUT2D eigenvalue weighted by molar-refractivity contribution is 0.415. The molecule has 3 rings (SSSR count). The summed E-state index contributed by atoms with van der Waals surface area (Å²) in [5.41, 5.74) is 3.74. The first-order valence-corrected chi connectivity index (χ1v) is 8.45. The summed E-state index contributed by atoms with van der Waals surface area (Å²) in [6, 6.07) is 21.5. The Hall–Kier alpha value is -2.06. The van der Waals surface area contributed by atoms with E-state index in [1.165, 1.54) is 39.3 Å². The number of hydrogen-bond donors (Lipinski definition) is 0. The van der Waals surface area contributed by atoms with Crippen molar-refractivity contribution >= 4 is 11.3 Å². The van der Waals surface area contributed by atoms with Gasteiger partial charge in [0.2, 0.25) is 0 Å². The van der Waals surface area contributed by atoms with Gasteiger partial charge in [-0.25, -0.2) is 0 Å². The minimum atomic E-state index is 0.891. The molecule has 2 heteroatoms. The van der Waals surface area contributed by atoms with Crippen LogP contribution in [-0.2, 0) is 6.42 Å². The summed E-state index contributed by atoms with van der Waals surface area (Å²) in [4.78, 5) is 2.82.